The van der Waals surface area contributed by atoms with E-state index in [0.29, 0.717) is 37.4 Å². The zero-order valence-corrected chi connectivity index (χ0v) is 16.0. The first-order valence-electron chi connectivity index (χ1n) is 8.82. The molecule has 0 heterocycles. The van der Waals surface area contributed by atoms with Gasteiger partial charge in [0.15, 0.2) is 0 Å². The topological polar surface area (TPSA) is 76.7 Å². The Labute approximate surface area is 159 Å². The third-order valence-electron chi connectivity index (χ3n) is 4.14. The maximum atomic E-state index is 12.5. The van der Waals surface area contributed by atoms with E-state index in [9.17, 15) is 9.59 Å². The lowest BCUT2D eigenvalue weighted by Crippen LogP contribution is -2.27. The largest absolute Gasteiger partial charge is 0.383 e. The van der Waals surface area contributed by atoms with E-state index in [1.54, 1.807) is 26.4 Å². The summed E-state index contributed by atoms with van der Waals surface area (Å²) in [6.45, 7) is 3.72. The third-order valence-corrected chi connectivity index (χ3v) is 4.14. The van der Waals surface area contributed by atoms with Gasteiger partial charge in [0, 0.05) is 38.4 Å². The summed E-state index contributed by atoms with van der Waals surface area (Å²) >= 11 is 0. The quantitative estimate of drug-likeness (QED) is 0.665. The highest BCUT2D eigenvalue weighted by atomic mass is 16.5. The Morgan fingerprint density at radius 2 is 1.44 bits per heavy atom. The minimum atomic E-state index is -0.151. The summed E-state index contributed by atoms with van der Waals surface area (Å²) in [5.74, 6) is -0.289. The van der Waals surface area contributed by atoms with E-state index in [0.717, 1.165) is 16.7 Å². The fourth-order valence-corrected chi connectivity index (χ4v) is 2.74. The molecule has 2 rings (SSSR count). The van der Waals surface area contributed by atoms with Crippen LogP contribution in [0.5, 0.6) is 0 Å². The first kappa shape index (κ1) is 20.6. The van der Waals surface area contributed by atoms with Crippen molar-refractivity contribution in [1.29, 1.82) is 0 Å². The molecule has 0 aliphatic carbocycles. The number of benzene rings is 2. The molecule has 2 aromatic rings. The van der Waals surface area contributed by atoms with E-state index in [2.05, 4.69) is 10.6 Å². The number of carbonyl (C=O) groups is 2. The number of aryl methyl sites for hydroxylation is 1. The summed E-state index contributed by atoms with van der Waals surface area (Å²) in [5, 5.41) is 5.66. The second kappa shape index (κ2) is 10.4. The molecule has 27 heavy (non-hydrogen) atoms. The molecule has 0 fully saturated rings. The number of amides is 2. The van der Waals surface area contributed by atoms with Gasteiger partial charge in [0.05, 0.1) is 13.2 Å². The molecule has 0 aromatic heterocycles. The second-order valence-corrected chi connectivity index (χ2v) is 6.07. The molecule has 0 aliphatic rings. The predicted octanol–water partition coefficient (Wildman–Crippen LogP) is 2.41. The molecule has 0 atom stereocenters. The minimum Gasteiger partial charge on any atom is -0.383 e. The molecular formula is C21H26N2O4. The van der Waals surface area contributed by atoms with Crippen molar-refractivity contribution < 1.29 is 19.1 Å². The van der Waals surface area contributed by atoms with Gasteiger partial charge in [-0.25, -0.2) is 0 Å². The van der Waals surface area contributed by atoms with Gasteiger partial charge in [-0.05, 0) is 35.7 Å². The van der Waals surface area contributed by atoms with Crippen molar-refractivity contribution in [1.82, 2.24) is 10.6 Å². The summed E-state index contributed by atoms with van der Waals surface area (Å²) in [5.41, 5.74) is 3.75. The average Bonchev–Trinajstić information content (AvgIpc) is 2.68. The first-order chi connectivity index (χ1) is 13.1. The minimum absolute atomic E-state index is 0.137. The van der Waals surface area contributed by atoms with Crippen molar-refractivity contribution in [3.8, 4) is 11.1 Å². The lowest BCUT2D eigenvalue weighted by atomic mass is 9.95. The second-order valence-electron chi connectivity index (χ2n) is 6.07. The van der Waals surface area contributed by atoms with Crippen LogP contribution in [0.15, 0.2) is 42.5 Å². The van der Waals surface area contributed by atoms with Crippen molar-refractivity contribution in [3.63, 3.8) is 0 Å². The highest BCUT2D eigenvalue weighted by Gasteiger charge is 2.14. The van der Waals surface area contributed by atoms with E-state index in [4.69, 9.17) is 9.47 Å². The molecule has 0 radical (unpaired) electrons. The van der Waals surface area contributed by atoms with Crippen molar-refractivity contribution in [2.45, 2.75) is 6.92 Å². The van der Waals surface area contributed by atoms with Crippen molar-refractivity contribution in [2.24, 2.45) is 0 Å². The number of hydrogen-bond donors (Lipinski definition) is 2. The zero-order valence-electron chi connectivity index (χ0n) is 16.0. The van der Waals surface area contributed by atoms with Gasteiger partial charge < -0.3 is 20.1 Å². The highest BCUT2D eigenvalue weighted by Crippen LogP contribution is 2.26. The molecule has 2 aromatic carbocycles. The smallest absolute Gasteiger partial charge is 0.251 e. The molecule has 0 spiro atoms. The summed E-state index contributed by atoms with van der Waals surface area (Å²) in [6.07, 6.45) is 0. The van der Waals surface area contributed by atoms with Crippen molar-refractivity contribution in [2.75, 3.05) is 40.5 Å². The highest BCUT2D eigenvalue weighted by molar-refractivity contribution is 6.01. The molecular weight excluding hydrogens is 344 g/mol. The van der Waals surface area contributed by atoms with Crippen LogP contribution in [0.3, 0.4) is 0 Å². The van der Waals surface area contributed by atoms with E-state index >= 15 is 0 Å². The van der Waals surface area contributed by atoms with Gasteiger partial charge in [0.2, 0.25) is 0 Å². The summed E-state index contributed by atoms with van der Waals surface area (Å²) in [7, 11) is 3.19. The van der Waals surface area contributed by atoms with Crippen molar-refractivity contribution in [3.05, 3.63) is 59.2 Å². The molecule has 144 valence electrons. The van der Waals surface area contributed by atoms with Crippen LogP contribution in [0.1, 0.15) is 26.3 Å². The molecule has 2 amide bonds. The molecule has 0 aliphatic heterocycles. The van der Waals surface area contributed by atoms with E-state index in [1.807, 2.05) is 37.3 Å². The molecule has 0 saturated heterocycles. The van der Waals surface area contributed by atoms with Crippen LogP contribution in [0.2, 0.25) is 0 Å². The normalized spacial score (nSPS) is 10.5. The Balaban J connectivity index is 2.23. The summed E-state index contributed by atoms with van der Waals surface area (Å²) in [6, 6.07) is 13.0. The third kappa shape index (κ3) is 5.64. The Kier molecular flexibility index (Phi) is 7.98. The first-order valence-corrected chi connectivity index (χ1v) is 8.82. The fourth-order valence-electron chi connectivity index (χ4n) is 2.74. The predicted molar refractivity (Wildman–Crippen MR) is 105 cm³/mol. The molecule has 6 heteroatoms. The van der Waals surface area contributed by atoms with Crippen LogP contribution >= 0.6 is 0 Å². The average molecular weight is 370 g/mol. The standard InChI is InChI=1S/C21H26N2O4/c1-15-14-16(8-9-17(15)20(24)22-10-12-26-2)18-6-4-5-7-19(18)21(25)23-11-13-27-3/h4-9,14H,10-13H2,1-3H3,(H,22,24)(H,23,25). The Morgan fingerprint density at radius 1 is 0.852 bits per heavy atom. The molecule has 0 saturated carbocycles. The van der Waals surface area contributed by atoms with Gasteiger partial charge in [-0.1, -0.05) is 30.3 Å². The molecule has 0 unspecified atom stereocenters. The lowest BCUT2D eigenvalue weighted by molar-refractivity contribution is 0.0929. The van der Waals surface area contributed by atoms with E-state index in [1.165, 1.54) is 0 Å². The summed E-state index contributed by atoms with van der Waals surface area (Å²) in [4.78, 5) is 24.7. The Hall–Kier alpha value is -2.70. The van der Waals surface area contributed by atoms with Crippen LogP contribution in [-0.2, 0) is 9.47 Å². The number of rotatable bonds is 9. The zero-order chi connectivity index (χ0) is 19.6. The van der Waals surface area contributed by atoms with Gasteiger partial charge in [0.1, 0.15) is 0 Å². The van der Waals surface area contributed by atoms with Crippen LogP contribution < -0.4 is 10.6 Å². The Bertz CT molecular complexity index is 790. The van der Waals surface area contributed by atoms with Crippen LogP contribution in [0, 0.1) is 6.92 Å². The number of nitrogens with one attached hydrogen (secondary N) is 2. The van der Waals surface area contributed by atoms with Gasteiger partial charge in [0.25, 0.3) is 11.8 Å². The fraction of sp³-hybridized carbons (Fsp3) is 0.333. The summed E-state index contributed by atoms with van der Waals surface area (Å²) < 4.78 is 9.91. The SMILES string of the molecule is COCCNC(=O)c1ccc(-c2ccccc2C(=O)NCCOC)cc1C. The van der Waals surface area contributed by atoms with E-state index < -0.39 is 0 Å². The van der Waals surface area contributed by atoms with Gasteiger partial charge in [-0.3, -0.25) is 9.59 Å². The number of methoxy groups -OCH3 is 2. The van der Waals surface area contributed by atoms with E-state index in [-0.39, 0.29) is 11.8 Å². The van der Waals surface area contributed by atoms with Crippen LogP contribution in [-0.4, -0.2) is 52.3 Å². The van der Waals surface area contributed by atoms with Gasteiger partial charge in [-0.2, -0.15) is 0 Å². The lowest BCUT2D eigenvalue weighted by Gasteiger charge is -2.13. The Morgan fingerprint density at radius 3 is 2.04 bits per heavy atom. The van der Waals surface area contributed by atoms with Crippen molar-refractivity contribution >= 4 is 11.8 Å². The number of hydrogen-bond acceptors (Lipinski definition) is 4. The van der Waals surface area contributed by atoms with Crippen LogP contribution in [0.25, 0.3) is 11.1 Å². The van der Waals surface area contributed by atoms with Crippen LogP contribution in [0.4, 0.5) is 0 Å². The molecule has 6 nitrogen and oxygen atoms in total. The molecule has 0 bridgehead atoms. The maximum absolute atomic E-state index is 12.5. The molecule has 2 N–H and O–H groups in total. The monoisotopic (exact) mass is 370 g/mol. The maximum Gasteiger partial charge on any atom is 0.251 e. The number of carbonyl (C=O) groups excluding carboxylic acids is 2. The van der Waals surface area contributed by atoms with Gasteiger partial charge in [-0.15, -0.1) is 0 Å². The number of ether oxygens (including phenoxy) is 2. The van der Waals surface area contributed by atoms with Gasteiger partial charge >= 0.3 is 0 Å².